The Bertz CT molecular complexity index is 551. The van der Waals surface area contributed by atoms with Crippen LogP contribution in [0.5, 0.6) is 5.75 Å². The van der Waals surface area contributed by atoms with E-state index in [9.17, 15) is 0 Å². The number of aromatic nitrogens is 4. The standard InChI is InChI=1S/C13H18N4O2/c1-9(2)11-8-10(4-5-12(11)19-3)17-15-13(6-7-18)14-16-17/h4-5,8-9,18H,6-7H2,1-3H3. The van der Waals surface area contributed by atoms with Gasteiger partial charge in [-0.2, -0.15) is 0 Å². The van der Waals surface area contributed by atoms with Gasteiger partial charge in [0.05, 0.1) is 19.4 Å². The Balaban J connectivity index is 2.36. The Morgan fingerprint density at radius 1 is 1.37 bits per heavy atom. The molecule has 0 aliphatic rings. The summed E-state index contributed by atoms with van der Waals surface area (Å²) < 4.78 is 5.34. The zero-order chi connectivity index (χ0) is 13.8. The molecule has 1 N–H and O–H groups in total. The topological polar surface area (TPSA) is 73.1 Å². The van der Waals surface area contributed by atoms with E-state index in [4.69, 9.17) is 9.84 Å². The Morgan fingerprint density at radius 2 is 2.16 bits per heavy atom. The van der Waals surface area contributed by atoms with Crippen LogP contribution in [0.2, 0.25) is 0 Å². The highest BCUT2D eigenvalue weighted by atomic mass is 16.5. The number of methoxy groups -OCH3 is 1. The number of tetrazole rings is 1. The number of aliphatic hydroxyl groups excluding tert-OH is 1. The monoisotopic (exact) mass is 262 g/mol. The summed E-state index contributed by atoms with van der Waals surface area (Å²) in [6, 6.07) is 5.78. The molecule has 6 heteroatoms. The highest BCUT2D eigenvalue weighted by molar-refractivity contribution is 5.44. The van der Waals surface area contributed by atoms with Gasteiger partial charge in [-0.3, -0.25) is 0 Å². The maximum Gasteiger partial charge on any atom is 0.177 e. The zero-order valence-corrected chi connectivity index (χ0v) is 11.4. The first kappa shape index (κ1) is 13.5. The van der Waals surface area contributed by atoms with Crippen LogP contribution in [0.15, 0.2) is 18.2 Å². The number of aliphatic hydroxyl groups is 1. The summed E-state index contributed by atoms with van der Waals surface area (Å²) in [7, 11) is 1.66. The smallest absolute Gasteiger partial charge is 0.177 e. The minimum atomic E-state index is 0.0194. The fourth-order valence-electron chi connectivity index (χ4n) is 1.85. The van der Waals surface area contributed by atoms with Gasteiger partial charge < -0.3 is 9.84 Å². The van der Waals surface area contributed by atoms with E-state index in [0.717, 1.165) is 17.0 Å². The predicted molar refractivity (Wildman–Crippen MR) is 70.6 cm³/mol. The number of benzene rings is 1. The fraction of sp³-hybridized carbons (Fsp3) is 0.462. The first-order chi connectivity index (χ1) is 9.15. The third kappa shape index (κ3) is 2.90. The molecule has 2 rings (SSSR count). The molecule has 1 heterocycles. The zero-order valence-electron chi connectivity index (χ0n) is 11.4. The van der Waals surface area contributed by atoms with Gasteiger partial charge in [0, 0.05) is 6.42 Å². The van der Waals surface area contributed by atoms with E-state index in [2.05, 4.69) is 29.3 Å². The van der Waals surface area contributed by atoms with Gasteiger partial charge in [-0.25, -0.2) is 0 Å². The van der Waals surface area contributed by atoms with Crippen molar-refractivity contribution in [1.29, 1.82) is 0 Å². The Hall–Kier alpha value is -1.95. The number of nitrogens with zero attached hydrogens (tertiary/aromatic N) is 4. The molecule has 19 heavy (non-hydrogen) atoms. The summed E-state index contributed by atoms with van der Waals surface area (Å²) in [6.07, 6.45) is 0.410. The largest absolute Gasteiger partial charge is 0.496 e. The van der Waals surface area contributed by atoms with Crippen LogP contribution in [-0.2, 0) is 6.42 Å². The lowest BCUT2D eigenvalue weighted by atomic mass is 10.0. The Morgan fingerprint density at radius 3 is 2.79 bits per heavy atom. The summed E-state index contributed by atoms with van der Waals surface area (Å²) in [5.74, 6) is 1.73. The molecule has 102 valence electrons. The van der Waals surface area contributed by atoms with E-state index >= 15 is 0 Å². The Kier molecular flexibility index (Phi) is 4.11. The number of hydrogen-bond acceptors (Lipinski definition) is 5. The van der Waals surface area contributed by atoms with Crippen LogP contribution in [0.1, 0.15) is 31.2 Å². The lowest BCUT2D eigenvalue weighted by Crippen LogP contribution is -2.03. The molecule has 0 radical (unpaired) electrons. The molecule has 0 aliphatic heterocycles. The molecule has 1 aromatic carbocycles. The van der Waals surface area contributed by atoms with Crippen molar-refractivity contribution in [2.45, 2.75) is 26.2 Å². The summed E-state index contributed by atoms with van der Waals surface area (Å²) in [4.78, 5) is 1.47. The van der Waals surface area contributed by atoms with Gasteiger partial charge in [0.15, 0.2) is 5.82 Å². The number of rotatable bonds is 5. The maximum absolute atomic E-state index is 8.85. The van der Waals surface area contributed by atoms with E-state index in [1.54, 1.807) is 7.11 Å². The van der Waals surface area contributed by atoms with E-state index in [1.165, 1.54) is 4.80 Å². The summed E-state index contributed by atoms with van der Waals surface area (Å²) in [5.41, 5.74) is 1.93. The van der Waals surface area contributed by atoms with Crippen molar-refractivity contribution in [2.24, 2.45) is 0 Å². The minimum absolute atomic E-state index is 0.0194. The van der Waals surface area contributed by atoms with Crippen molar-refractivity contribution in [3.8, 4) is 11.4 Å². The third-order valence-corrected chi connectivity index (χ3v) is 2.86. The average molecular weight is 262 g/mol. The average Bonchev–Trinajstić information content (AvgIpc) is 2.87. The molecule has 0 fully saturated rings. The molecule has 0 amide bonds. The van der Waals surface area contributed by atoms with Gasteiger partial charge >= 0.3 is 0 Å². The van der Waals surface area contributed by atoms with Gasteiger partial charge in [0.2, 0.25) is 0 Å². The first-order valence-corrected chi connectivity index (χ1v) is 6.23. The molecule has 0 aliphatic carbocycles. The van der Waals surface area contributed by atoms with Crippen LogP contribution in [-0.4, -0.2) is 39.0 Å². The highest BCUT2D eigenvalue weighted by Crippen LogP contribution is 2.28. The molecular weight excluding hydrogens is 244 g/mol. The summed E-state index contributed by atoms with van der Waals surface area (Å²) in [6.45, 7) is 4.23. The van der Waals surface area contributed by atoms with Gasteiger partial charge in [0.25, 0.3) is 0 Å². The first-order valence-electron chi connectivity index (χ1n) is 6.23. The minimum Gasteiger partial charge on any atom is -0.496 e. The third-order valence-electron chi connectivity index (χ3n) is 2.86. The predicted octanol–water partition coefficient (Wildman–Crippen LogP) is 1.33. The second-order valence-corrected chi connectivity index (χ2v) is 4.55. The van der Waals surface area contributed by atoms with Crippen molar-refractivity contribution in [1.82, 2.24) is 20.2 Å². The second-order valence-electron chi connectivity index (χ2n) is 4.55. The summed E-state index contributed by atoms with van der Waals surface area (Å²) >= 11 is 0. The van der Waals surface area contributed by atoms with Crippen LogP contribution < -0.4 is 4.74 Å². The fourth-order valence-corrected chi connectivity index (χ4v) is 1.85. The molecule has 1 aromatic heterocycles. The maximum atomic E-state index is 8.85. The summed E-state index contributed by atoms with van der Waals surface area (Å²) in [5, 5.41) is 20.9. The molecule has 0 unspecified atom stereocenters. The van der Waals surface area contributed by atoms with Gasteiger partial charge in [-0.15, -0.1) is 15.0 Å². The van der Waals surface area contributed by atoms with Crippen molar-refractivity contribution in [3.63, 3.8) is 0 Å². The molecule has 0 atom stereocenters. The molecule has 0 saturated heterocycles. The lowest BCUT2D eigenvalue weighted by Gasteiger charge is -2.12. The van der Waals surface area contributed by atoms with Crippen molar-refractivity contribution >= 4 is 0 Å². The number of ether oxygens (including phenoxy) is 1. The van der Waals surface area contributed by atoms with Crippen LogP contribution in [0.4, 0.5) is 0 Å². The molecule has 2 aromatic rings. The van der Waals surface area contributed by atoms with E-state index in [-0.39, 0.29) is 6.61 Å². The molecule has 0 bridgehead atoms. The Labute approximate surface area is 112 Å². The van der Waals surface area contributed by atoms with Gasteiger partial charge in [-0.05, 0) is 34.9 Å². The molecule has 0 saturated carbocycles. The van der Waals surface area contributed by atoms with Crippen molar-refractivity contribution in [3.05, 3.63) is 29.6 Å². The van der Waals surface area contributed by atoms with Crippen molar-refractivity contribution < 1.29 is 9.84 Å². The van der Waals surface area contributed by atoms with Gasteiger partial charge in [0.1, 0.15) is 5.75 Å². The van der Waals surface area contributed by atoms with E-state index in [0.29, 0.717) is 18.2 Å². The quantitative estimate of drug-likeness (QED) is 0.880. The SMILES string of the molecule is COc1ccc(-n2nnc(CCO)n2)cc1C(C)C. The molecule has 6 nitrogen and oxygen atoms in total. The molecular formula is C13H18N4O2. The van der Waals surface area contributed by atoms with Crippen LogP contribution in [0.3, 0.4) is 0 Å². The number of hydrogen-bond donors (Lipinski definition) is 1. The lowest BCUT2D eigenvalue weighted by molar-refractivity contribution is 0.296. The van der Waals surface area contributed by atoms with Crippen LogP contribution >= 0.6 is 0 Å². The molecule has 0 spiro atoms. The van der Waals surface area contributed by atoms with Crippen LogP contribution in [0.25, 0.3) is 5.69 Å². The normalized spacial score (nSPS) is 11.0. The van der Waals surface area contributed by atoms with Crippen molar-refractivity contribution in [2.75, 3.05) is 13.7 Å². The van der Waals surface area contributed by atoms with Gasteiger partial charge in [-0.1, -0.05) is 13.8 Å². The highest BCUT2D eigenvalue weighted by Gasteiger charge is 2.11. The van der Waals surface area contributed by atoms with E-state index in [1.807, 2.05) is 18.2 Å². The van der Waals surface area contributed by atoms with E-state index < -0.39 is 0 Å². The second kappa shape index (κ2) is 5.79. The van der Waals surface area contributed by atoms with Crippen LogP contribution in [0, 0.1) is 0 Å².